The Hall–Kier alpha value is -4.11. The summed E-state index contributed by atoms with van der Waals surface area (Å²) in [6.07, 6.45) is 4.28. The van der Waals surface area contributed by atoms with Crippen LogP contribution in [-0.4, -0.2) is 51.0 Å². The Morgan fingerprint density at radius 1 is 0.811 bits per heavy atom. The number of carbonyl (C=O) groups is 3. The maximum atomic E-state index is 13.4. The zero-order chi connectivity index (χ0) is 26.5. The lowest BCUT2D eigenvalue weighted by atomic mass is 10.0. The highest BCUT2D eigenvalue weighted by molar-refractivity contribution is 5.93. The van der Waals surface area contributed by atoms with Crippen molar-refractivity contribution in [2.24, 2.45) is 11.7 Å². The number of carbonyl (C=O) groups excluding carboxylic acids is 2. The molecule has 2 aromatic carbocycles. The lowest BCUT2D eigenvalue weighted by Gasteiger charge is -2.23. The molecule has 9 heteroatoms. The van der Waals surface area contributed by atoms with Crippen molar-refractivity contribution < 1.29 is 19.5 Å². The van der Waals surface area contributed by atoms with Crippen molar-refractivity contribution in [1.29, 1.82) is 0 Å². The number of aromatic nitrogens is 2. The second kappa shape index (κ2) is 11.3. The van der Waals surface area contributed by atoms with E-state index in [9.17, 15) is 19.5 Å². The molecule has 0 spiro atoms. The van der Waals surface area contributed by atoms with Gasteiger partial charge in [-0.25, -0.2) is 4.79 Å². The standard InChI is InChI=1S/C28H33N5O4/c1-16(2)11-21(29)26(34)32-24(12-17-14-30-22-9-5-3-7-19(17)22)27(35)33-25(28(36)37)13-18-15-31-23-10-6-4-8-20(18)23/h3-10,14-16,21,24-25,30-31H,11-13,29H2,1-2H3,(H,32,34)(H,33,35)(H,36,37). The van der Waals surface area contributed by atoms with Crippen LogP contribution in [-0.2, 0) is 27.2 Å². The van der Waals surface area contributed by atoms with Gasteiger partial charge in [0.15, 0.2) is 0 Å². The van der Waals surface area contributed by atoms with E-state index in [0.717, 1.165) is 32.9 Å². The molecule has 194 valence electrons. The first-order valence-electron chi connectivity index (χ1n) is 12.4. The number of carboxylic acid groups (broad SMARTS) is 1. The number of hydrogen-bond acceptors (Lipinski definition) is 4. The van der Waals surface area contributed by atoms with Crippen LogP contribution in [0.25, 0.3) is 21.8 Å². The van der Waals surface area contributed by atoms with Crippen LogP contribution in [0.3, 0.4) is 0 Å². The molecular formula is C28H33N5O4. The molecule has 0 saturated heterocycles. The largest absolute Gasteiger partial charge is 0.480 e. The fourth-order valence-corrected chi connectivity index (χ4v) is 4.62. The van der Waals surface area contributed by atoms with E-state index in [0.29, 0.717) is 6.42 Å². The molecule has 2 heterocycles. The number of para-hydroxylation sites is 2. The molecule has 3 atom stereocenters. The summed E-state index contributed by atoms with van der Waals surface area (Å²) in [4.78, 5) is 44.7. The summed E-state index contributed by atoms with van der Waals surface area (Å²) in [7, 11) is 0. The molecule has 9 nitrogen and oxygen atoms in total. The Bertz CT molecular complexity index is 1410. The van der Waals surface area contributed by atoms with E-state index in [4.69, 9.17) is 5.73 Å². The van der Waals surface area contributed by atoms with Crippen molar-refractivity contribution in [3.63, 3.8) is 0 Å². The Labute approximate surface area is 214 Å². The number of hydrogen-bond donors (Lipinski definition) is 6. The molecule has 0 aliphatic rings. The maximum absolute atomic E-state index is 13.4. The van der Waals surface area contributed by atoms with Gasteiger partial charge in [0.1, 0.15) is 12.1 Å². The van der Waals surface area contributed by atoms with Gasteiger partial charge in [0.2, 0.25) is 11.8 Å². The third-order valence-corrected chi connectivity index (χ3v) is 6.51. The number of nitrogens with one attached hydrogen (secondary N) is 4. The van der Waals surface area contributed by atoms with Gasteiger partial charge in [-0.05, 0) is 35.6 Å². The number of amides is 2. The predicted octanol–water partition coefficient (Wildman–Crippen LogP) is 2.86. The van der Waals surface area contributed by atoms with Crippen LogP contribution in [0, 0.1) is 5.92 Å². The molecule has 0 radical (unpaired) electrons. The van der Waals surface area contributed by atoms with Gasteiger partial charge in [0, 0.05) is 47.0 Å². The lowest BCUT2D eigenvalue weighted by molar-refractivity contribution is -0.142. The third-order valence-electron chi connectivity index (χ3n) is 6.51. The number of aliphatic carboxylic acids is 1. The summed E-state index contributed by atoms with van der Waals surface area (Å²) in [5, 5.41) is 17.1. The maximum Gasteiger partial charge on any atom is 0.326 e. The van der Waals surface area contributed by atoms with Crippen molar-refractivity contribution in [3.05, 3.63) is 72.1 Å². The van der Waals surface area contributed by atoms with E-state index in [1.54, 1.807) is 12.4 Å². The number of carboxylic acids is 1. The van der Waals surface area contributed by atoms with E-state index in [1.807, 2.05) is 62.4 Å². The van der Waals surface area contributed by atoms with Gasteiger partial charge in [-0.1, -0.05) is 50.2 Å². The van der Waals surface area contributed by atoms with Crippen molar-refractivity contribution in [1.82, 2.24) is 20.6 Å². The zero-order valence-electron chi connectivity index (χ0n) is 21.0. The highest BCUT2D eigenvalue weighted by Crippen LogP contribution is 2.21. The van der Waals surface area contributed by atoms with Gasteiger partial charge in [-0.2, -0.15) is 0 Å². The second-order valence-electron chi connectivity index (χ2n) is 9.82. The highest BCUT2D eigenvalue weighted by atomic mass is 16.4. The van der Waals surface area contributed by atoms with E-state index in [2.05, 4.69) is 20.6 Å². The molecule has 4 rings (SSSR count). The molecular weight excluding hydrogens is 470 g/mol. The monoisotopic (exact) mass is 503 g/mol. The quantitative estimate of drug-likeness (QED) is 0.186. The van der Waals surface area contributed by atoms with Gasteiger partial charge < -0.3 is 31.4 Å². The van der Waals surface area contributed by atoms with E-state index >= 15 is 0 Å². The summed E-state index contributed by atoms with van der Waals surface area (Å²) >= 11 is 0. The third kappa shape index (κ3) is 6.18. The molecule has 0 aliphatic carbocycles. The molecule has 37 heavy (non-hydrogen) atoms. The van der Waals surface area contributed by atoms with Gasteiger partial charge in [0.25, 0.3) is 0 Å². The van der Waals surface area contributed by atoms with Gasteiger partial charge in [0.05, 0.1) is 6.04 Å². The zero-order valence-corrected chi connectivity index (χ0v) is 21.0. The minimum Gasteiger partial charge on any atom is -0.480 e. The number of H-pyrrole nitrogens is 2. The molecule has 2 amide bonds. The van der Waals surface area contributed by atoms with Crippen molar-refractivity contribution in [2.45, 2.75) is 51.2 Å². The summed E-state index contributed by atoms with van der Waals surface area (Å²) in [6.45, 7) is 3.93. The molecule has 4 aromatic rings. The second-order valence-corrected chi connectivity index (χ2v) is 9.82. The normalized spacial score (nSPS) is 13.9. The van der Waals surface area contributed by atoms with Crippen LogP contribution in [0.15, 0.2) is 60.9 Å². The van der Waals surface area contributed by atoms with E-state index in [1.165, 1.54) is 0 Å². The smallest absolute Gasteiger partial charge is 0.326 e. The Morgan fingerprint density at radius 2 is 1.30 bits per heavy atom. The highest BCUT2D eigenvalue weighted by Gasteiger charge is 2.29. The summed E-state index contributed by atoms with van der Waals surface area (Å²) in [5.74, 6) is -1.98. The van der Waals surface area contributed by atoms with Crippen molar-refractivity contribution >= 4 is 39.6 Å². The molecule has 2 aromatic heterocycles. The predicted molar refractivity (Wildman–Crippen MR) is 143 cm³/mol. The number of benzene rings is 2. The first-order valence-corrected chi connectivity index (χ1v) is 12.4. The fraction of sp³-hybridized carbons (Fsp3) is 0.321. The fourth-order valence-electron chi connectivity index (χ4n) is 4.62. The number of fused-ring (bicyclic) bond motifs is 2. The number of rotatable bonds is 11. The Morgan fingerprint density at radius 3 is 1.81 bits per heavy atom. The summed E-state index contributed by atoms with van der Waals surface area (Å²) in [6, 6.07) is 12.3. The van der Waals surface area contributed by atoms with Crippen molar-refractivity contribution in [2.75, 3.05) is 0 Å². The van der Waals surface area contributed by atoms with Gasteiger partial charge >= 0.3 is 5.97 Å². The molecule has 0 fully saturated rings. The topological polar surface area (TPSA) is 153 Å². The van der Waals surface area contributed by atoms with Crippen LogP contribution in [0.2, 0.25) is 0 Å². The first-order chi connectivity index (χ1) is 17.7. The number of nitrogens with two attached hydrogens (primary N) is 1. The van der Waals surface area contributed by atoms with Gasteiger partial charge in [-0.3, -0.25) is 9.59 Å². The summed E-state index contributed by atoms with van der Waals surface area (Å²) in [5.41, 5.74) is 9.47. The van der Waals surface area contributed by atoms with Crippen LogP contribution < -0.4 is 16.4 Å². The van der Waals surface area contributed by atoms with E-state index < -0.39 is 35.9 Å². The minimum absolute atomic E-state index is 0.0890. The minimum atomic E-state index is -1.18. The SMILES string of the molecule is CC(C)CC(N)C(=O)NC(Cc1c[nH]c2ccccc12)C(=O)NC(Cc1c[nH]c2ccccc12)C(=O)O. The number of aromatic amines is 2. The average Bonchev–Trinajstić information content (AvgIpc) is 3.47. The molecule has 0 saturated carbocycles. The van der Waals surface area contributed by atoms with Gasteiger partial charge in [-0.15, -0.1) is 0 Å². The van der Waals surface area contributed by atoms with Crippen LogP contribution in [0.1, 0.15) is 31.4 Å². The summed E-state index contributed by atoms with van der Waals surface area (Å²) < 4.78 is 0. The Kier molecular flexibility index (Phi) is 7.93. The van der Waals surface area contributed by atoms with Crippen molar-refractivity contribution in [3.8, 4) is 0 Å². The van der Waals surface area contributed by atoms with E-state index in [-0.39, 0.29) is 18.8 Å². The molecule has 0 aliphatic heterocycles. The van der Waals surface area contributed by atoms with Crippen LogP contribution >= 0.6 is 0 Å². The first kappa shape index (κ1) is 26.0. The molecule has 0 bridgehead atoms. The lowest BCUT2D eigenvalue weighted by Crippen LogP contribution is -2.55. The average molecular weight is 504 g/mol. The molecule has 7 N–H and O–H groups in total. The van der Waals surface area contributed by atoms with Crippen LogP contribution in [0.5, 0.6) is 0 Å². The Balaban J connectivity index is 1.56. The van der Waals surface area contributed by atoms with Crippen LogP contribution in [0.4, 0.5) is 0 Å². The molecule has 3 unspecified atom stereocenters.